The summed E-state index contributed by atoms with van der Waals surface area (Å²) in [6, 6.07) is 12.1. The molecule has 0 bridgehead atoms. The van der Waals surface area contributed by atoms with Crippen LogP contribution in [0.3, 0.4) is 0 Å². The summed E-state index contributed by atoms with van der Waals surface area (Å²) in [4.78, 5) is 42.9. The van der Waals surface area contributed by atoms with Crippen LogP contribution in [0.25, 0.3) is 10.9 Å². The Morgan fingerprint density at radius 2 is 1.92 bits per heavy atom. The Kier molecular flexibility index (Phi) is 6.54. The van der Waals surface area contributed by atoms with Crippen molar-refractivity contribution >= 4 is 28.7 Å². The van der Waals surface area contributed by atoms with E-state index in [1.807, 2.05) is 30.3 Å². The predicted octanol–water partition coefficient (Wildman–Crippen LogP) is 3.23. The minimum atomic E-state index is -0.867. The number of urea groups is 1. The zero-order valence-electron chi connectivity index (χ0n) is 20.4. The number of H-pyrrole nitrogens is 1. The standard InChI is InChI=1S/C27H30N4O5/c1-35-22-11-10-16(14-23(22)36-2)12-13-31-26(33)21(30-27(31)34)15-24(32)28-20-9-5-7-18-17-6-3-4-8-19(17)29-25(18)20/h3-4,6,8,10-11,14,20-21,29H,5,7,9,12-13,15H2,1-2H3,(H,28,32)(H,30,34)/t20?,21-/m0/s1. The van der Waals surface area contributed by atoms with Crippen LogP contribution in [0, 0.1) is 0 Å². The van der Waals surface area contributed by atoms with Crippen molar-refractivity contribution in [2.75, 3.05) is 20.8 Å². The Bertz CT molecular complexity index is 1320. The number of imide groups is 1. The van der Waals surface area contributed by atoms with Gasteiger partial charge in [-0.15, -0.1) is 0 Å². The Morgan fingerprint density at radius 3 is 2.72 bits per heavy atom. The summed E-state index contributed by atoms with van der Waals surface area (Å²) in [7, 11) is 3.12. The first kappa shape index (κ1) is 23.7. The van der Waals surface area contributed by atoms with Crippen molar-refractivity contribution in [3.63, 3.8) is 0 Å². The molecule has 3 N–H and O–H groups in total. The maximum absolute atomic E-state index is 12.9. The lowest BCUT2D eigenvalue weighted by Gasteiger charge is -2.24. The van der Waals surface area contributed by atoms with Gasteiger partial charge in [-0.1, -0.05) is 24.3 Å². The second-order valence-electron chi connectivity index (χ2n) is 9.21. The Hall–Kier alpha value is -4.01. The number of carbonyl (C=O) groups excluding carboxylic acids is 3. The summed E-state index contributed by atoms with van der Waals surface area (Å²) >= 11 is 0. The van der Waals surface area contributed by atoms with Crippen LogP contribution in [0.2, 0.25) is 0 Å². The second-order valence-corrected chi connectivity index (χ2v) is 9.21. The van der Waals surface area contributed by atoms with E-state index >= 15 is 0 Å². The molecule has 9 heteroatoms. The second kappa shape index (κ2) is 9.93. The molecule has 0 spiro atoms. The lowest BCUT2D eigenvalue weighted by Crippen LogP contribution is -2.38. The van der Waals surface area contributed by atoms with Crippen LogP contribution in [0.1, 0.15) is 42.1 Å². The summed E-state index contributed by atoms with van der Waals surface area (Å²) in [6.07, 6.45) is 3.14. The number of fused-ring (bicyclic) bond motifs is 3. The number of nitrogens with one attached hydrogen (secondary N) is 3. The first-order valence-corrected chi connectivity index (χ1v) is 12.2. The molecule has 4 amide bonds. The molecule has 2 heterocycles. The molecule has 2 atom stereocenters. The topological polar surface area (TPSA) is 113 Å². The molecule has 2 aromatic carbocycles. The number of nitrogens with zero attached hydrogens (tertiary/aromatic N) is 1. The van der Waals surface area contributed by atoms with Gasteiger partial charge < -0.3 is 25.1 Å². The number of ether oxygens (including phenoxy) is 2. The predicted molar refractivity (Wildman–Crippen MR) is 134 cm³/mol. The van der Waals surface area contributed by atoms with E-state index in [2.05, 4.69) is 21.7 Å². The van der Waals surface area contributed by atoms with E-state index in [0.717, 1.165) is 36.0 Å². The normalized spacial score (nSPS) is 19.2. The molecule has 1 aliphatic carbocycles. The van der Waals surface area contributed by atoms with Gasteiger partial charge in [-0.3, -0.25) is 14.5 Å². The zero-order valence-corrected chi connectivity index (χ0v) is 20.4. The molecular weight excluding hydrogens is 460 g/mol. The number of hydrogen-bond acceptors (Lipinski definition) is 5. The highest BCUT2D eigenvalue weighted by molar-refractivity contribution is 6.05. The maximum Gasteiger partial charge on any atom is 0.324 e. The third-order valence-electron chi connectivity index (χ3n) is 7.02. The molecular formula is C27H30N4O5. The lowest BCUT2D eigenvalue weighted by molar-refractivity contribution is -0.131. The average Bonchev–Trinajstić information content (AvgIpc) is 3.39. The number of aromatic nitrogens is 1. The van der Waals surface area contributed by atoms with Crippen molar-refractivity contribution in [2.24, 2.45) is 0 Å². The molecule has 1 aromatic heterocycles. The molecule has 188 valence electrons. The summed E-state index contributed by atoms with van der Waals surface area (Å²) in [6.45, 7) is 0.208. The smallest absolute Gasteiger partial charge is 0.324 e. The Morgan fingerprint density at radius 1 is 1.11 bits per heavy atom. The van der Waals surface area contributed by atoms with E-state index < -0.39 is 12.1 Å². The minimum absolute atomic E-state index is 0.0938. The molecule has 1 saturated heterocycles. The lowest BCUT2D eigenvalue weighted by atomic mass is 9.91. The van der Waals surface area contributed by atoms with Gasteiger partial charge in [-0.25, -0.2) is 4.79 Å². The molecule has 5 rings (SSSR count). The van der Waals surface area contributed by atoms with Gasteiger partial charge in [0.1, 0.15) is 6.04 Å². The van der Waals surface area contributed by atoms with Crippen LogP contribution >= 0.6 is 0 Å². The number of para-hydroxylation sites is 1. The number of rotatable bonds is 8. The number of carbonyl (C=O) groups is 3. The molecule has 9 nitrogen and oxygen atoms in total. The summed E-state index contributed by atoms with van der Waals surface area (Å²) in [5.41, 5.74) is 4.25. The van der Waals surface area contributed by atoms with E-state index in [-0.39, 0.29) is 30.8 Å². The van der Waals surface area contributed by atoms with Crippen molar-refractivity contribution in [3.8, 4) is 11.5 Å². The molecule has 1 aliphatic heterocycles. The summed E-state index contributed by atoms with van der Waals surface area (Å²) in [5, 5.41) is 6.93. The van der Waals surface area contributed by atoms with E-state index in [4.69, 9.17) is 9.47 Å². The van der Waals surface area contributed by atoms with Gasteiger partial charge in [0, 0.05) is 23.1 Å². The molecule has 0 saturated carbocycles. The van der Waals surface area contributed by atoms with Gasteiger partial charge >= 0.3 is 6.03 Å². The fourth-order valence-corrected chi connectivity index (χ4v) is 5.20. The number of aromatic amines is 1. The molecule has 1 unspecified atom stereocenters. The highest BCUT2D eigenvalue weighted by atomic mass is 16.5. The van der Waals surface area contributed by atoms with Crippen LogP contribution in [-0.2, 0) is 22.4 Å². The van der Waals surface area contributed by atoms with Gasteiger partial charge in [-0.2, -0.15) is 0 Å². The maximum atomic E-state index is 12.9. The molecule has 1 fully saturated rings. The number of amides is 4. The van der Waals surface area contributed by atoms with Crippen molar-refractivity contribution in [1.29, 1.82) is 0 Å². The third kappa shape index (κ3) is 4.48. The summed E-state index contributed by atoms with van der Waals surface area (Å²) < 4.78 is 10.6. The largest absolute Gasteiger partial charge is 0.493 e. The Balaban J connectivity index is 1.20. The number of aryl methyl sites for hydroxylation is 1. The first-order chi connectivity index (χ1) is 17.5. The van der Waals surface area contributed by atoms with Crippen LogP contribution in [0.4, 0.5) is 4.79 Å². The van der Waals surface area contributed by atoms with E-state index in [1.54, 1.807) is 20.3 Å². The quantitative estimate of drug-likeness (QED) is 0.420. The van der Waals surface area contributed by atoms with Crippen molar-refractivity contribution < 1.29 is 23.9 Å². The fourth-order valence-electron chi connectivity index (χ4n) is 5.20. The van der Waals surface area contributed by atoms with Crippen LogP contribution in [0.15, 0.2) is 42.5 Å². The minimum Gasteiger partial charge on any atom is -0.493 e. The van der Waals surface area contributed by atoms with Crippen molar-refractivity contribution in [1.82, 2.24) is 20.5 Å². The molecule has 3 aromatic rings. The third-order valence-corrected chi connectivity index (χ3v) is 7.02. The van der Waals surface area contributed by atoms with Gasteiger partial charge in [0.05, 0.1) is 26.7 Å². The fraction of sp³-hybridized carbons (Fsp3) is 0.370. The monoisotopic (exact) mass is 490 g/mol. The molecule has 0 radical (unpaired) electrons. The van der Waals surface area contributed by atoms with Gasteiger partial charge in [0.25, 0.3) is 5.91 Å². The highest BCUT2D eigenvalue weighted by Gasteiger charge is 2.39. The van der Waals surface area contributed by atoms with Crippen molar-refractivity contribution in [2.45, 2.75) is 44.2 Å². The highest BCUT2D eigenvalue weighted by Crippen LogP contribution is 2.34. The van der Waals surface area contributed by atoms with E-state index in [0.29, 0.717) is 17.9 Å². The van der Waals surface area contributed by atoms with Gasteiger partial charge in [-0.05, 0) is 55.0 Å². The van der Waals surface area contributed by atoms with Crippen LogP contribution in [0.5, 0.6) is 11.5 Å². The SMILES string of the molecule is COc1ccc(CCN2C(=O)N[C@@H](CC(=O)NC3CCCc4c3[nH]c3ccccc43)C2=O)cc1OC. The first-order valence-electron chi connectivity index (χ1n) is 12.2. The molecule has 36 heavy (non-hydrogen) atoms. The number of methoxy groups -OCH3 is 2. The van der Waals surface area contributed by atoms with Crippen molar-refractivity contribution in [3.05, 3.63) is 59.3 Å². The van der Waals surface area contributed by atoms with Gasteiger partial charge in [0.2, 0.25) is 5.91 Å². The number of hydrogen-bond donors (Lipinski definition) is 3. The van der Waals surface area contributed by atoms with Gasteiger partial charge in [0.15, 0.2) is 11.5 Å². The van der Waals surface area contributed by atoms with Crippen LogP contribution in [-0.4, -0.2) is 54.5 Å². The summed E-state index contributed by atoms with van der Waals surface area (Å²) in [5.74, 6) is 0.555. The Labute approximate surface area is 209 Å². The number of benzene rings is 2. The average molecular weight is 491 g/mol. The van der Waals surface area contributed by atoms with E-state index in [9.17, 15) is 14.4 Å². The molecule has 2 aliphatic rings. The zero-order chi connectivity index (χ0) is 25.2. The van der Waals surface area contributed by atoms with Crippen LogP contribution < -0.4 is 20.1 Å². The van der Waals surface area contributed by atoms with E-state index in [1.165, 1.54) is 15.8 Å².